The second-order valence-electron chi connectivity index (χ2n) is 8.97. The zero-order valence-corrected chi connectivity index (χ0v) is 22.5. The molecule has 3 aromatic carbocycles. The number of aliphatic imine (C=N–C) groups is 1. The van der Waals surface area contributed by atoms with Crippen LogP contribution in [0.3, 0.4) is 0 Å². The smallest absolute Gasteiger partial charge is 0.0652 e. The first-order valence-corrected chi connectivity index (χ1v) is 13.4. The lowest BCUT2D eigenvalue weighted by Gasteiger charge is -2.24. The minimum absolute atomic E-state index is 0.777. The Morgan fingerprint density at radius 2 is 1.06 bits per heavy atom. The zero-order valence-electron chi connectivity index (χ0n) is 22.5. The van der Waals surface area contributed by atoms with E-state index in [9.17, 15) is 0 Å². The molecule has 3 nitrogen and oxygen atoms in total. The molecule has 0 atom stereocenters. The predicted molar refractivity (Wildman–Crippen MR) is 159 cm³/mol. The molecule has 0 unspecified atom stereocenters. The molecule has 36 heavy (non-hydrogen) atoms. The van der Waals surface area contributed by atoms with Gasteiger partial charge in [-0.2, -0.15) is 0 Å². The minimum Gasteiger partial charge on any atom is -0.372 e. The zero-order chi connectivity index (χ0) is 25.5. The summed E-state index contributed by atoms with van der Waals surface area (Å²) in [6.45, 7) is 15.7. The molecular weight excluding hydrogens is 438 g/mol. The van der Waals surface area contributed by atoms with Crippen LogP contribution in [0.2, 0.25) is 0 Å². The molecule has 0 spiro atoms. The third-order valence-corrected chi connectivity index (χ3v) is 7.07. The number of hydrogen-bond acceptors (Lipinski definition) is 3. The van der Waals surface area contributed by atoms with Crippen molar-refractivity contribution in [1.82, 2.24) is 0 Å². The number of fused-ring (bicyclic) bond motifs is 1. The van der Waals surface area contributed by atoms with Crippen LogP contribution < -0.4 is 9.80 Å². The van der Waals surface area contributed by atoms with Crippen molar-refractivity contribution >= 4 is 28.2 Å². The minimum atomic E-state index is 0.777. The monoisotopic (exact) mass is 477 g/mol. The van der Waals surface area contributed by atoms with E-state index in [1.54, 1.807) is 0 Å². The number of benzene rings is 3. The van der Waals surface area contributed by atoms with E-state index in [4.69, 9.17) is 4.99 Å². The molecule has 0 amide bonds. The lowest BCUT2D eigenvalue weighted by molar-refractivity contribution is 0.866. The highest BCUT2D eigenvalue weighted by Gasteiger charge is 2.20. The van der Waals surface area contributed by atoms with Gasteiger partial charge in [-0.3, -0.25) is 4.99 Å². The summed E-state index contributed by atoms with van der Waals surface area (Å²) in [5.74, 6) is 0. The molecule has 1 aliphatic carbocycles. The SMILES string of the molecule is CC/N=C1\C=CC(=C(c2ccc(N(CC)CC)cc2)c2ccc(N(CC)CC)cc2)c2ccccc21. The van der Waals surface area contributed by atoms with Crippen molar-refractivity contribution in [2.24, 2.45) is 4.99 Å². The second-order valence-corrected chi connectivity index (χ2v) is 8.97. The first-order chi connectivity index (χ1) is 17.6. The first kappa shape index (κ1) is 25.5. The van der Waals surface area contributed by atoms with Gasteiger partial charge in [-0.05, 0) is 92.8 Å². The standard InChI is InChI=1S/C33H39N3/c1-6-34-32-24-23-31(29-13-11-12-14-30(29)32)33(25-15-19-27(20-16-25)35(7-2)8-3)26-17-21-28(22-18-26)36(9-4)10-5/h11-24H,6-10H2,1-5H3/b34-32+. The summed E-state index contributed by atoms with van der Waals surface area (Å²) in [6, 6.07) is 26.8. The summed E-state index contributed by atoms with van der Waals surface area (Å²) >= 11 is 0. The highest BCUT2D eigenvalue weighted by molar-refractivity contribution is 6.19. The van der Waals surface area contributed by atoms with Gasteiger partial charge >= 0.3 is 0 Å². The third-order valence-electron chi connectivity index (χ3n) is 7.07. The second kappa shape index (κ2) is 11.9. The Kier molecular flexibility index (Phi) is 8.43. The van der Waals surface area contributed by atoms with Crippen molar-refractivity contribution in [2.75, 3.05) is 42.5 Å². The largest absolute Gasteiger partial charge is 0.372 e. The lowest BCUT2D eigenvalue weighted by atomic mass is 9.83. The van der Waals surface area contributed by atoms with E-state index in [0.29, 0.717) is 0 Å². The molecule has 0 radical (unpaired) electrons. The fraction of sp³-hybridized carbons (Fsp3) is 0.303. The van der Waals surface area contributed by atoms with Crippen LogP contribution in [-0.4, -0.2) is 38.4 Å². The highest BCUT2D eigenvalue weighted by atomic mass is 15.1. The molecule has 4 rings (SSSR count). The molecule has 3 aromatic rings. The number of rotatable bonds is 9. The highest BCUT2D eigenvalue weighted by Crippen LogP contribution is 2.38. The molecule has 0 fully saturated rings. The van der Waals surface area contributed by atoms with E-state index in [1.807, 2.05) is 0 Å². The maximum absolute atomic E-state index is 4.76. The Labute approximate surface area is 217 Å². The van der Waals surface area contributed by atoms with E-state index in [1.165, 1.54) is 44.8 Å². The van der Waals surface area contributed by atoms with Gasteiger partial charge in [0.05, 0.1) is 5.71 Å². The molecule has 0 N–H and O–H groups in total. The maximum atomic E-state index is 4.76. The van der Waals surface area contributed by atoms with Crippen LogP contribution in [0.25, 0.3) is 11.1 Å². The molecule has 0 bridgehead atoms. The average molecular weight is 478 g/mol. The molecule has 0 aromatic heterocycles. The van der Waals surface area contributed by atoms with E-state index in [0.717, 1.165) is 38.4 Å². The van der Waals surface area contributed by atoms with Crippen LogP contribution in [-0.2, 0) is 0 Å². The fourth-order valence-electron chi connectivity index (χ4n) is 5.14. The number of hydrogen-bond donors (Lipinski definition) is 0. The molecule has 0 aliphatic heterocycles. The van der Waals surface area contributed by atoms with Crippen molar-refractivity contribution < 1.29 is 0 Å². The fourth-order valence-corrected chi connectivity index (χ4v) is 5.14. The molecule has 0 heterocycles. The van der Waals surface area contributed by atoms with Gasteiger partial charge in [-0.15, -0.1) is 0 Å². The Morgan fingerprint density at radius 3 is 1.50 bits per heavy atom. The molecular formula is C33H39N3. The quantitative estimate of drug-likeness (QED) is 0.314. The Balaban J connectivity index is 1.91. The Hall–Kier alpha value is -3.59. The average Bonchev–Trinajstić information content (AvgIpc) is 2.93. The summed E-state index contributed by atoms with van der Waals surface area (Å²) in [7, 11) is 0. The van der Waals surface area contributed by atoms with E-state index < -0.39 is 0 Å². The predicted octanol–water partition coefficient (Wildman–Crippen LogP) is 7.72. The number of nitrogens with zero attached hydrogens (tertiary/aromatic N) is 3. The Morgan fingerprint density at radius 1 is 0.583 bits per heavy atom. The van der Waals surface area contributed by atoms with Gasteiger partial charge in [0.1, 0.15) is 0 Å². The topological polar surface area (TPSA) is 18.8 Å². The molecule has 3 heteroatoms. The van der Waals surface area contributed by atoms with Gasteiger partial charge in [0, 0.05) is 49.7 Å². The third kappa shape index (κ3) is 5.16. The van der Waals surface area contributed by atoms with Gasteiger partial charge in [0.15, 0.2) is 0 Å². The van der Waals surface area contributed by atoms with Gasteiger partial charge in [-0.1, -0.05) is 54.6 Å². The molecule has 0 saturated carbocycles. The van der Waals surface area contributed by atoms with E-state index >= 15 is 0 Å². The van der Waals surface area contributed by atoms with Crippen molar-refractivity contribution in [1.29, 1.82) is 0 Å². The van der Waals surface area contributed by atoms with Crippen LogP contribution in [0.4, 0.5) is 11.4 Å². The van der Waals surface area contributed by atoms with Crippen LogP contribution in [0.1, 0.15) is 56.9 Å². The summed E-state index contributed by atoms with van der Waals surface area (Å²) in [4.78, 5) is 9.54. The van der Waals surface area contributed by atoms with Crippen molar-refractivity contribution in [2.45, 2.75) is 34.6 Å². The van der Waals surface area contributed by atoms with Gasteiger partial charge < -0.3 is 9.80 Å². The van der Waals surface area contributed by atoms with Crippen molar-refractivity contribution in [3.05, 3.63) is 107 Å². The van der Waals surface area contributed by atoms with Crippen molar-refractivity contribution in [3.63, 3.8) is 0 Å². The molecule has 186 valence electrons. The van der Waals surface area contributed by atoms with E-state index in [-0.39, 0.29) is 0 Å². The summed E-state index contributed by atoms with van der Waals surface area (Å²) in [5, 5.41) is 0. The summed E-state index contributed by atoms with van der Waals surface area (Å²) in [5.41, 5.74) is 11.0. The van der Waals surface area contributed by atoms with Gasteiger partial charge in [0.2, 0.25) is 0 Å². The van der Waals surface area contributed by atoms with E-state index in [2.05, 4.69) is 129 Å². The van der Waals surface area contributed by atoms with Crippen molar-refractivity contribution in [3.8, 4) is 0 Å². The summed E-state index contributed by atoms with van der Waals surface area (Å²) in [6.07, 6.45) is 4.43. The van der Waals surface area contributed by atoms with Crippen LogP contribution in [0.5, 0.6) is 0 Å². The molecule has 1 aliphatic rings. The maximum Gasteiger partial charge on any atom is 0.0652 e. The molecule has 0 saturated heterocycles. The van der Waals surface area contributed by atoms with Gasteiger partial charge in [0.25, 0.3) is 0 Å². The normalized spacial score (nSPS) is 13.6. The lowest BCUT2D eigenvalue weighted by Crippen LogP contribution is -2.21. The van der Waals surface area contributed by atoms with Crippen LogP contribution in [0.15, 0.2) is 89.9 Å². The summed E-state index contributed by atoms with van der Waals surface area (Å²) < 4.78 is 0. The van der Waals surface area contributed by atoms with Gasteiger partial charge in [-0.25, -0.2) is 0 Å². The first-order valence-electron chi connectivity index (χ1n) is 13.4. The van der Waals surface area contributed by atoms with Crippen LogP contribution >= 0.6 is 0 Å². The Bertz CT molecular complexity index is 1180. The van der Waals surface area contributed by atoms with Crippen LogP contribution in [0, 0.1) is 0 Å². The number of allylic oxidation sites excluding steroid dienone is 3. The number of anilines is 2.